The number of benzene rings is 2. The van der Waals surface area contributed by atoms with Crippen molar-refractivity contribution in [2.24, 2.45) is 4.40 Å². The molecule has 9 heteroatoms. The quantitative estimate of drug-likeness (QED) is 0.572. The highest BCUT2D eigenvalue weighted by Gasteiger charge is 2.17. The lowest BCUT2D eigenvalue weighted by atomic mass is 10.2. The molecule has 0 atom stereocenters. The maximum Gasteiger partial charge on any atom is 0.326 e. The van der Waals surface area contributed by atoms with E-state index in [-0.39, 0.29) is 22.8 Å². The summed E-state index contributed by atoms with van der Waals surface area (Å²) in [5.41, 5.74) is 1.79. The van der Waals surface area contributed by atoms with Gasteiger partial charge in [0.15, 0.2) is 0 Å². The summed E-state index contributed by atoms with van der Waals surface area (Å²) in [4.78, 5) is 12.1. The Morgan fingerprint density at radius 3 is 2.54 bits per heavy atom. The molecule has 3 aromatic rings. The van der Waals surface area contributed by atoms with Crippen LogP contribution in [-0.4, -0.2) is 25.6 Å². The highest BCUT2D eigenvalue weighted by molar-refractivity contribution is 7.90. The molecule has 1 heterocycles. The van der Waals surface area contributed by atoms with E-state index in [0.29, 0.717) is 5.52 Å². The van der Waals surface area contributed by atoms with E-state index >= 15 is 0 Å². The van der Waals surface area contributed by atoms with Crippen molar-refractivity contribution < 1.29 is 22.3 Å². The minimum absolute atomic E-state index is 0.122. The minimum Gasteiger partial charge on any atom is -0.465 e. The van der Waals surface area contributed by atoms with Crippen LogP contribution in [0.3, 0.4) is 0 Å². The van der Waals surface area contributed by atoms with Crippen molar-refractivity contribution in [1.82, 2.24) is 4.57 Å². The smallest absolute Gasteiger partial charge is 0.326 e. The first-order valence-electron chi connectivity index (χ1n) is 8.68. The molecule has 0 fully saturated rings. The Morgan fingerprint density at radius 1 is 1.18 bits per heavy atom. The van der Waals surface area contributed by atoms with E-state index in [1.165, 1.54) is 15.9 Å². The lowest BCUT2D eigenvalue weighted by molar-refractivity contribution is -0.143. The standard InChI is InChI=1S/C19H19FN2O4S2/c1-3-13-5-10-16-17(11-13)27-19(22(16)12-18(23)26-4-2)21-28(24,25)15-8-6-14(20)7-9-15/h5-11H,3-4,12H2,1-2H3. The van der Waals surface area contributed by atoms with Gasteiger partial charge in [-0.2, -0.15) is 8.42 Å². The average Bonchev–Trinajstić information content (AvgIpc) is 2.97. The molecule has 1 aromatic heterocycles. The fourth-order valence-electron chi connectivity index (χ4n) is 2.66. The van der Waals surface area contributed by atoms with Gasteiger partial charge in [0.1, 0.15) is 12.4 Å². The van der Waals surface area contributed by atoms with Crippen molar-refractivity contribution in [1.29, 1.82) is 0 Å². The van der Waals surface area contributed by atoms with Gasteiger partial charge in [-0.05, 0) is 55.3 Å². The van der Waals surface area contributed by atoms with Crippen LogP contribution in [0.25, 0.3) is 10.2 Å². The molecule has 28 heavy (non-hydrogen) atoms. The van der Waals surface area contributed by atoms with Crippen LogP contribution in [0.2, 0.25) is 0 Å². The number of hydrogen-bond donors (Lipinski definition) is 0. The zero-order chi connectivity index (χ0) is 20.3. The van der Waals surface area contributed by atoms with Gasteiger partial charge >= 0.3 is 5.97 Å². The van der Waals surface area contributed by atoms with Crippen molar-refractivity contribution >= 4 is 37.5 Å². The monoisotopic (exact) mass is 422 g/mol. The molecule has 2 aromatic carbocycles. The number of carbonyl (C=O) groups excluding carboxylic acids is 1. The van der Waals surface area contributed by atoms with Gasteiger partial charge in [-0.15, -0.1) is 4.40 Å². The van der Waals surface area contributed by atoms with E-state index in [0.717, 1.165) is 40.9 Å². The first kappa shape index (κ1) is 20.2. The Bertz CT molecular complexity index is 1180. The Balaban J connectivity index is 2.18. The molecule has 6 nitrogen and oxygen atoms in total. The van der Waals surface area contributed by atoms with Crippen molar-refractivity contribution in [3.8, 4) is 0 Å². The molecule has 0 radical (unpaired) electrons. The van der Waals surface area contributed by atoms with Gasteiger partial charge in [-0.25, -0.2) is 4.39 Å². The summed E-state index contributed by atoms with van der Waals surface area (Å²) in [6, 6.07) is 10.2. The first-order valence-corrected chi connectivity index (χ1v) is 10.9. The molecular weight excluding hydrogens is 403 g/mol. The Morgan fingerprint density at radius 2 is 1.89 bits per heavy atom. The highest BCUT2D eigenvalue weighted by Crippen LogP contribution is 2.21. The summed E-state index contributed by atoms with van der Waals surface area (Å²) in [6.07, 6.45) is 0.825. The van der Waals surface area contributed by atoms with Crippen molar-refractivity contribution in [3.05, 3.63) is 58.6 Å². The van der Waals surface area contributed by atoms with Crippen LogP contribution in [0.4, 0.5) is 4.39 Å². The fraction of sp³-hybridized carbons (Fsp3) is 0.263. The Labute approximate surface area is 166 Å². The third-order valence-electron chi connectivity index (χ3n) is 4.06. The van der Waals surface area contributed by atoms with Gasteiger partial charge in [0.2, 0.25) is 4.80 Å². The lowest BCUT2D eigenvalue weighted by Crippen LogP contribution is -2.23. The van der Waals surface area contributed by atoms with Gasteiger partial charge in [0, 0.05) is 0 Å². The predicted octanol–water partition coefficient (Wildman–Crippen LogP) is 3.26. The number of ether oxygens (including phenoxy) is 1. The summed E-state index contributed by atoms with van der Waals surface area (Å²) in [6.45, 7) is 3.79. The van der Waals surface area contributed by atoms with E-state index in [1.807, 2.05) is 25.1 Å². The van der Waals surface area contributed by atoms with Crippen molar-refractivity contribution in [2.75, 3.05) is 6.61 Å². The highest BCUT2D eigenvalue weighted by atomic mass is 32.2. The van der Waals surface area contributed by atoms with Crippen molar-refractivity contribution in [2.45, 2.75) is 31.7 Å². The van der Waals surface area contributed by atoms with E-state index in [2.05, 4.69) is 4.40 Å². The van der Waals surface area contributed by atoms with E-state index in [1.54, 1.807) is 6.92 Å². The second kappa shape index (κ2) is 8.24. The van der Waals surface area contributed by atoms with Crippen LogP contribution < -0.4 is 4.80 Å². The molecular formula is C19H19FN2O4S2. The number of rotatable bonds is 6. The first-order chi connectivity index (χ1) is 13.3. The molecule has 0 aliphatic rings. The number of nitrogens with zero attached hydrogens (tertiary/aromatic N) is 2. The van der Waals surface area contributed by atoms with Gasteiger partial charge in [-0.3, -0.25) is 4.79 Å². The van der Waals surface area contributed by atoms with Gasteiger partial charge in [-0.1, -0.05) is 24.3 Å². The molecule has 148 valence electrons. The summed E-state index contributed by atoms with van der Waals surface area (Å²) < 4.78 is 49.7. The SMILES string of the molecule is CCOC(=O)Cn1c(=NS(=O)(=O)c2ccc(F)cc2)sc2cc(CC)ccc21. The maximum absolute atomic E-state index is 13.1. The Kier molecular flexibility index (Phi) is 5.95. The van der Waals surface area contributed by atoms with Gasteiger partial charge < -0.3 is 9.30 Å². The van der Waals surface area contributed by atoms with Gasteiger partial charge in [0.05, 0.1) is 21.7 Å². The second-order valence-corrected chi connectivity index (χ2v) is 8.56. The van der Waals surface area contributed by atoms with Crippen LogP contribution in [0, 0.1) is 5.82 Å². The van der Waals surface area contributed by atoms with E-state index in [4.69, 9.17) is 4.74 Å². The van der Waals surface area contributed by atoms with Crippen LogP contribution >= 0.6 is 11.3 Å². The third-order valence-corrected chi connectivity index (χ3v) is 6.50. The molecule has 0 saturated carbocycles. The minimum atomic E-state index is -4.07. The predicted molar refractivity (Wildman–Crippen MR) is 105 cm³/mol. The topological polar surface area (TPSA) is 77.7 Å². The molecule has 0 unspecified atom stereocenters. The summed E-state index contributed by atoms with van der Waals surface area (Å²) in [7, 11) is -4.07. The maximum atomic E-state index is 13.1. The molecule has 3 rings (SSSR count). The molecule has 0 amide bonds. The number of aryl methyl sites for hydroxylation is 1. The number of aromatic nitrogens is 1. The summed E-state index contributed by atoms with van der Waals surface area (Å²) in [5, 5.41) is 0. The third kappa shape index (κ3) is 4.31. The molecule has 0 aliphatic carbocycles. The van der Waals surface area contributed by atoms with Crippen LogP contribution in [0.1, 0.15) is 19.4 Å². The van der Waals surface area contributed by atoms with E-state index < -0.39 is 21.8 Å². The number of halogens is 1. The van der Waals surface area contributed by atoms with Crippen molar-refractivity contribution in [3.63, 3.8) is 0 Å². The summed E-state index contributed by atoms with van der Waals surface area (Å²) >= 11 is 1.17. The Hall–Kier alpha value is -2.52. The largest absolute Gasteiger partial charge is 0.465 e. The molecule has 0 aliphatic heterocycles. The molecule has 0 N–H and O–H groups in total. The number of sulfonamides is 1. The fourth-order valence-corrected chi connectivity index (χ4v) is 4.95. The molecule has 0 spiro atoms. The number of carbonyl (C=O) groups is 1. The number of thiazole rings is 1. The van der Waals surface area contributed by atoms with Crippen LogP contribution in [-0.2, 0) is 32.5 Å². The number of hydrogen-bond acceptors (Lipinski definition) is 5. The normalized spacial score (nSPS) is 12.5. The van der Waals surface area contributed by atoms with Crippen LogP contribution in [0.15, 0.2) is 51.8 Å². The lowest BCUT2D eigenvalue weighted by Gasteiger charge is -2.06. The average molecular weight is 423 g/mol. The zero-order valence-electron chi connectivity index (χ0n) is 15.4. The number of esters is 1. The van der Waals surface area contributed by atoms with E-state index in [9.17, 15) is 17.6 Å². The molecule has 0 saturated heterocycles. The number of fused-ring (bicyclic) bond motifs is 1. The zero-order valence-corrected chi connectivity index (χ0v) is 17.0. The summed E-state index contributed by atoms with van der Waals surface area (Å²) in [5.74, 6) is -1.02. The second-order valence-electron chi connectivity index (χ2n) is 5.95. The molecule has 0 bridgehead atoms. The van der Waals surface area contributed by atoms with Gasteiger partial charge in [0.25, 0.3) is 10.0 Å². The van der Waals surface area contributed by atoms with Crippen LogP contribution in [0.5, 0.6) is 0 Å².